The van der Waals surface area contributed by atoms with Gasteiger partial charge in [0, 0.05) is 22.8 Å². The van der Waals surface area contributed by atoms with Gasteiger partial charge in [-0.25, -0.2) is 4.79 Å². The van der Waals surface area contributed by atoms with Crippen LogP contribution < -0.4 is 10.6 Å². The molecule has 2 aromatic rings. The molecule has 2 N–H and O–H groups in total. The lowest BCUT2D eigenvalue weighted by atomic mass is 10.4. The monoisotopic (exact) mass is 305 g/mol. The molecule has 0 radical (unpaired) electrons. The molecule has 2 rings (SSSR count). The van der Waals surface area contributed by atoms with Gasteiger partial charge in [-0.15, -0.1) is 11.8 Å². The molecule has 0 spiro atoms. The molecular weight excluding hydrogens is 286 g/mol. The van der Waals surface area contributed by atoms with Crippen LogP contribution in [0.1, 0.15) is 18.4 Å². The fourth-order valence-corrected chi connectivity index (χ4v) is 2.69. The molecule has 1 aromatic heterocycles. The molecular formula is C15H19N3O2S. The van der Waals surface area contributed by atoms with E-state index >= 15 is 0 Å². The number of nitrogens with one attached hydrogen (secondary N) is 2. The fraction of sp³-hybridized carbons (Fsp3) is 0.333. The lowest BCUT2D eigenvalue weighted by Gasteiger charge is -2.12. The van der Waals surface area contributed by atoms with Crippen LogP contribution in [0.5, 0.6) is 0 Å². The smallest absolute Gasteiger partial charge is 0.315 e. The van der Waals surface area contributed by atoms with E-state index in [0.717, 1.165) is 5.76 Å². The first-order chi connectivity index (χ1) is 10.1. The average molecular weight is 305 g/mol. The number of carbonyl (C=O) groups is 1. The first kappa shape index (κ1) is 15.4. The molecule has 0 aliphatic rings. The van der Waals surface area contributed by atoms with E-state index < -0.39 is 0 Å². The standard InChI is InChI=1S/C15H19N3O2S/c1-11-8-13(18-20-11)10-17-15(19)16-9-12(2)21-14-6-4-3-5-7-14/h3-8,12H,9-10H2,1-2H3,(H2,16,17,19)/t12-/m0/s1. The van der Waals surface area contributed by atoms with E-state index in [-0.39, 0.29) is 6.03 Å². The Balaban J connectivity index is 1.66. The van der Waals surface area contributed by atoms with Crippen molar-refractivity contribution in [1.29, 1.82) is 0 Å². The topological polar surface area (TPSA) is 67.2 Å². The summed E-state index contributed by atoms with van der Waals surface area (Å²) in [6.07, 6.45) is 0. The van der Waals surface area contributed by atoms with Crippen molar-refractivity contribution in [2.24, 2.45) is 0 Å². The van der Waals surface area contributed by atoms with E-state index in [1.807, 2.05) is 25.1 Å². The molecule has 1 heterocycles. The number of aromatic nitrogens is 1. The molecule has 0 aliphatic carbocycles. The van der Waals surface area contributed by atoms with Crippen molar-refractivity contribution in [2.45, 2.75) is 30.5 Å². The maximum absolute atomic E-state index is 11.7. The van der Waals surface area contributed by atoms with Crippen LogP contribution in [0.4, 0.5) is 4.79 Å². The summed E-state index contributed by atoms with van der Waals surface area (Å²) in [6, 6.07) is 11.7. The maximum atomic E-state index is 11.7. The molecule has 112 valence electrons. The van der Waals surface area contributed by atoms with Crippen molar-refractivity contribution in [3.05, 3.63) is 47.9 Å². The summed E-state index contributed by atoms with van der Waals surface area (Å²) in [4.78, 5) is 12.9. The van der Waals surface area contributed by atoms with Gasteiger partial charge in [-0.05, 0) is 19.1 Å². The van der Waals surface area contributed by atoms with Crippen molar-refractivity contribution in [3.63, 3.8) is 0 Å². The van der Waals surface area contributed by atoms with Gasteiger partial charge in [0.05, 0.1) is 6.54 Å². The first-order valence-corrected chi connectivity index (χ1v) is 7.67. The lowest BCUT2D eigenvalue weighted by Crippen LogP contribution is -2.38. The van der Waals surface area contributed by atoms with Crippen LogP contribution in [0.15, 0.2) is 45.8 Å². The summed E-state index contributed by atoms with van der Waals surface area (Å²) >= 11 is 1.73. The average Bonchev–Trinajstić information content (AvgIpc) is 2.90. The molecule has 0 saturated heterocycles. The van der Waals surface area contributed by atoms with E-state index in [0.29, 0.717) is 24.0 Å². The second-order valence-electron chi connectivity index (χ2n) is 4.73. The Bertz CT molecular complexity index is 571. The molecule has 1 atom stereocenters. The summed E-state index contributed by atoms with van der Waals surface area (Å²) in [5.41, 5.74) is 0.717. The van der Waals surface area contributed by atoms with Gasteiger partial charge in [0.2, 0.25) is 0 Å². The zero-order valence-corrected chi connectivity index (χ0v) is 12.9. The van der Waals surface area contributed by atoms with Crippen LogP contribution in [-0.2, 0) is 6.54 Å². The minimum absolute atomic E-state index is 0.198. The summed E-state index contributed by atoms with van der Waals surface area (Å²) < 4.78 is 4.94. The normalized spacial score (nSPS) is 11.9. The second-order valence-corrected chi connectivity index (χ2v) is 6.25. The molecule has 6 heteroatoms. The highest BCUT2D eigenvalue weighted by Gasteiger charge is 2.07. The number of thioether (sulfide) groups is 1. The molecule has 0 bridgehead atoms. The number of hydrogen-bond acceptors (Lipinski definition) is 4. The number of hydrogen-bond donors (Lipinski definition) is 2. The Kier molecular flexibility index (Phi) is 5.68. The van der Waals surface area contributed by atoms with Gasteiger partial charge < -0.3 is 15.2 Å². The third-order valence-corrected chi connectivity index (χ3v) is 3.85. The third kappa shape index (κ3) is 5.51. The van der Waals surface area contributed by atoms with Crippen molar-refractivity contribution >= 4 is 17.8 Å². The highest BCUT2D eigenvalue weighted by atomic mass is 32.2. The van der Waals surface area contributed by atoms with Crippen molar-refractivity contribution < 1.29 is 9.32 Å². The number of nitrogens with zero attached hydrogens (tertiary/aromatic N) is 1. The van der Waals surface area contributed by atoms with E-state index in [1.165, 1.54) is 4.90 Å². The van der Waals surface area contributed by atoms with Gasteiger partial charge >= 0.3 is 6.03 Å². The molecule has 1 aromatic carbocycles. The molecule has 5 nitrogen and oxygen atoms in total. The maximum Gasteiger partial charge on any atom is 0.315 e. The third-order valence-electron chi connectivity index (χ3n) is 2.74. The molecule has 0 fully saturated rings. The zero-order chi connectivity index (χ0) is 15.1. The number of benzene rings is 1. The van der Waals surface area contributed by atoms with Crippen molar-refractivity contribution in [1.82, 2.24) is 15.8 Å². The minimum Gasteiger partial charge on any atom is -0.361 e. The predicted octanol–water partition coefficient (Wildman–Crippen LogP) is 2.96. The highest BCUT2D eigenvalue weighted by Crippen LogP contribution is 2.21. The number of aryl methyl sites for hydroxylation is 1. The Labute approximate surface area is 128 Å². The summed E-state index contributed by atoms with van der Waals surface area (Å²) in [6.45, 7) is 4.87. The van der Waals surface area contributed by atoms with E-state index in [9.17, 15) is 4.79 Å². The second kappa shape index (κ2) is 7.73. The molecule has 0 unspecified atom stereocenters. The lowest BCUT2D eigenvalue weighted by molar-refractivity contribution is 0.240. The summed E-state index contributed by atoms with van der Waals surface area (Å²) in [5, 5.41) is 9.72. The Morgan fingerprint density at radius 2 is 2.10 bits per heavy atom. The predicted molar refractivity (Wildman–Crippen MR) is 83.2 cm³/mol. The van der Waals surface area contributed by atoms with E-state index in [4.69, 9.17) is 4.52 Å². The van der Waals surface area contributed by atoms with Crippen LogP contribution >= 0.6 is 11.8 Å². The van der Waals surface area contributed by atoms with Gasteiger partial charge in [-0.1, -0.05) is 30.3 Å². The van der Waals surface area contributed by atoms with E-state index in [2.05, 4.69) is 34.8 Å². The van der Waals surface area contributed by atoms with Gasteiger partial charge in [-0.3, -0.25) is 0 Å². The molecule has 0 saturated carbocycles. The molecule has 0 aliphatic heterocycles. The Hall–Kier alpha value is -1.95. The summed E-state index contributed by atoms with van der Waals surface area (Å²) in [5.74, 6) is 0.736. The minimum atomic E-state index is -0.198. The Morgan fingerprint density at radius 3 is 2.76 bits per heavy atom. The van der Waals surface area contributed by atoms with Gasteiger partial charge in [0.1, 0.15) is 11.5 Å². The molecule has 21 heavy (non-hydrogen) atoms. The van der Waals surface area contributed by atoms with Crippen LogP contribution in [0, 0.1) is 6.92 Å². The Morgan fingerprint density at radius 1 is 1.33 bits per heavy atom. The van der Waals surface area contributed by atoms with Crippen molar-refractivity contribution in [2.75, 3.05) is 6.54 Å². The van der Waals surface area contributed by atoms with Crippen LogP contribution in [-0.4, -0.2) is 23.0 Å². The van der Waals surface area contributed by atoms with Crippen LogP contribution in [0.3, 0.4) is 0 Å². The largest absolute Gasteiger partial charge is 0.361 e. The molecule has 2 amide bonds. The SMILES string of the molecule is Cc1cc(CNC(=O)NC[C@H](C)Sc2ccccc2)no1. The van der Waals surface area contributed by atoms with Gasteiger partial charge in [0.15, 0.2) is 0 Å². The van der Waals surface area contributed by atoms with Gasteiger partial charge in [-0.2, -0.15) is 0 Å². The quantitative estimate of drug-likeness (QED) is 0.805. The van der Waals surface area contributed by atoms with Crippen LogP contribution in [0.2, 0.25) is 0 Å². The summed E-state index contributed by atoms with van der Waals surface area (Å²) in [7, 11) is 0. The van der Waals surface area contributed by atoms with Crippen molar-refractivity contribution in [3.8, 4) is 0 Å². The number of carbonyl (C=O) groups excluding carboxylic acids is 1. The first-order valence-electron chi connectivity index (χ1n) is 6.79. The van der Waals surface area contributed by atoms with Gasteiger partial charge in [0.25, 0.3) is 0 Å². The number of rotatable bonds is 6. The highest BCUT2D eigenvalue weighted by molar-refractivity contribution is 8.00. The van der Waals surface area contributed by atoms with Crippen LogP contribution in [0.25, 0.3) is 0 Å². The number of urea groups is 1. The van der Waals surface area contributed by atoms with E-state index in [1.54, 1.807) is 17.8 Å². The number of amides is 2. The fourth-order valence-electron chi connectivity index (χ4n) is 1.74. The zero-order valence-electron chi connectivity index (χ0n) is 12.1.